The molecule has 0 spiro atoms. The summed E-state index contributed by atoms with van der Waals surface area (Å²) in [5.74, 6) is 0. The second-order valence-corrected chi connectivity index (χ2v) is 5.75. The van der Waals surface area contributed by atoms with E-state index in [1.807, 2.05) is 24.5 Å². The zero-order valence-corrected chi connectivity index (χ0v) is 11.3. The molecule has 0 fully saturated rings. The molecule has 1 aromatic heterocycles. The number of hydrogen-bond acceptors (Lipinski definition) is 3. The van der Waals surface area contributed by atoms with Crippen LogP contribution in [-0.2, 0) is 6.42 Å². The number of hydrogen-bond donors (Lipinski definition) is 1. The standard InChI is InChI=1S/C14H24N2O/c1-14(2,3)13(17)11-16(4)10-7-12-5-8-15-9-6-12/h5-6,8-9,13,17H,7,10-11H2,1-4H3. The fourth-order valence-corrected chi connectivity index (χ4v) is 1.53. The third-order valence-corrected chi connectivity index (χ3v) is 3.02. The number of aliphatic hydroxyl groups excluding tert-OH is 1. The molecule has 0 aliphatic carbocycles. The van der Waals surface area contributed by atoms with Gasteiger partial charge in [-0.1, -0.05) is 20.8 Å². The van der Waals surface area contributed by atoms with Crippen molar-refractivity contribution in [2.45, 2.75) is 33.3 Å². The van der Waals surface area contributed by atoms with Crippen molar-refractivity contribution in [3.63, 3.8) is 0 Å². The van der Waals surface area contributed by atoms with Gasteiger partial charge in [0, 0.05) is 25.5 Å². The molecule has 96 valence electrons. The maximum Gasteiger partial charge on any atom is 0.0715 e. The number of aliphatic hydroxyl groups is 1. The summed E-state index contributed by atoms with van der Waals surface area (Å²) < 4.78 is 0. The Bertz CT molecular complexity index is 319. The lowest BCUT2D eigenvalue weighted by atomic mass is 9.89. The largest absolute Gasteiger partial charge is 0.391 e. The van der Waals surface area contributed by atoms with Gasteiger partial charge in [0.25, 0.3) is 0 Å². The van der Waals surface area contributed by atoms with Crippen LogP contribution < -0.4 is 0 Å². The molecule has 0 aromatic carbocycles. The van der Waals surface area contributed by atoms with E-state index in [2.05, 4.69) is 37.7 Å². The topological polar surface area (TPSA) is 36.4 Å². The molecule has 0 bridgehead atoms. The maximum absolute atomic E-state index is 10.0. The van der Waals surface area contributed by atoms with Gasteiger partial charge in [0.15, 0.2) is 0 Å². The maximum atomic E-state index is 10.0. The summed E-state index contributed by atoms with van der Waals surface area (Å²) >= 11 is 0. The molecule has 1 N–H and O–H groups in total. The summed E-state index contributed by atoms with van der Waals surface area (Å²) in [6.07, 6.45) is 4.35. The Balaban J connectivity index is 2.33. The van der Waals surface area contributed by atoms with Crippen LogP contribution in [0.25, 0.3) is 0 Å². The van der Waals surface area contributed by atoms with Gasteiger partial charge in [-0.05, 0) is 36.6 Å². The normalized spacial score (nSPS) is 14.0. The summed E-state index contributed by atoms with van der Waals surface area (Å²) in [5.41, 5.74) is 1.24. The van der Waals surface area contributed by atoms with E-state index in [9.17, 15) is 5.11 Å². The highest BCUT2D eigenvalue weighted by Gasteiger charge is 2.22. The molecule has 0 aliphatic rings. The Morgan fingerprint density at radius 1 is 1.29 bits per heavy atom. The highest BCUT2D eigenvalue weighted by Crippen LogP contribution is 2.19. The van der Waals surface area contributed by atoms with E-state index in [4.69, 9.17) is 0 Å². The summed E-state index contributed by atoms with van der Waals surface area (Å²) in [6.45, 7) is 7.86. The Labute approximate surface area is 104 Å². The van der Waals surface area contributed by atoms with Crippen LogP contribution in [0.3, 0.4) is 0 Å². The number of aromatic nitrogens is 1. The zero-order valence-electron chi connectivity index (χ0n) is 11.3. The second kappa shape index (κ2) is 6.12. The van der Waals surface area contributed by atoms with Crippen LogP contribution in [0, 0.1) is 5.41 Å². The Morgan fingerprint density at radius 2 is 1.88 bits per heavy atom. The lowest BCUT2D eigenvalue weighted by molar-refractivity contribution is 0.0354. The lowest BCUT2D eigenvalue weighted by Crippen LogP contribution is -2.38. The molecule has 3 nitrogen and oxygen atoms in total. The molecule has 0 saturated carbocycles. The van der Waals surface area contributed by atoms with Crippen molar-refractivity contribution in [1.29, 1.82) is 0 Å². The SMILES string of the molecule is CN(CCc1ccncc1)CC(O)C(C)(C)C. The van der Waals surface area contributed by atoms with Crippen molar-refractivity contribution < 1.29 is 5.11 Å². The van der Waals surface area contributed by atoms with Crippen LogP contribution in [-0.4, -0.2) is 41.2 Å². The Morgan fingerprint density at radius 3 is 2.41 bits per heavy atom. The van der Waals surface area contributed by atoms with Gasteiger partial charge in [-0.15, -0.1) is 0 Å². The van der Waals surface area contributed by atoms with Gasteiger partial charge in [0.05, 0.1) is 6.10 Å². The minimum atomic E-state index is -0.287. The van der Waals surface area contributed by atoms with Gasteiger partial charge in [0.2, 0.25) is 0 Å². The number of likely N-dealkylation sites (N-methyl/N-ethyl adjacent to an activating group) is 1. The van der Waals surface area contributed by atoms with Crippen molar-refractivity contribution in [3.05, 3.63) is 30.1 Å². The van der Waals surface area contributed by atoms with Crippen LogP contribution in [0.2, 0.25) is 0 Å². The highest BCUT2D eigenvalue weighted by molar-refractivity contribution is 5.09. The summed E-state index contributed by atoms with van der Waals surface area (Å²) in [7, 11) is 2.05. The van der Waals surface area contributed by atoms with Crippen molar-refractivity contribution in [2.24, 2.45) is 5.41 Å². The molecule has 0 radical (unpaired) electrons. The molecule has 3 heteroatoms. The minimum absolute atomic E-state index is 0.0507. The first-order valence-electron chi connectivity index (χ1n) is 6.15. The van der Waals surface area contributed by atoms with Gasteiger partial charge in [-0.25, -0.2) is 0 Å². The molecule has 1 unspecified atom stereocenters. The first-order valence-corrected chi connectivity index (χ1v) is 6.15. The third kappa shape index (κ3) is 5.29. The summed E-state index contributed by atoms with van der Waals surface area (Å²) in [6, 6.07) is 4.07. The molecule has 0 aliphatic heterocycles. The molecule has 17 heavy (non-hydrogen) atoms. The van der Waals surface area contributed by atoms with Crippen molar-refractivity contribution in [1.82, 2.24) is 9.88 Å². The van der Waals surface area contributed by atoms with Crippen LogP contribution in [0.5, 0.6) is 0 Å². The van der Waals surface area contributed by atoms with Gasteiger partial charge < -0.3 is 10.0 Å². The molecule has 0 saturated heterocycles. The Kier molecular flexibility index (Phi) is 5.09. The van der Waals surface area contributed by atoms with E-state index in [1.54, 1.807) is 0 Å². The predicted octanol–water partition coefficient (Wildman–Crippen LogP) is 1.96. The first-order chi connectivity index (χ1) is 7.89. The molecule has 1 atom stereocenters. The smallest absolute Gasteiger partial charge is 0.0715 e. The summed E-state index contributed by atoms with van der Waals surface area (Å²) in [5, 5.41) is 10.0. The fourth-order valence-electron chi connectivity index (χ4n) is 1.53. The van der Waals surface area contributed by atoms with Gasteiger partial charge in [-0.2, -0.15) is 0 Å². The van der Waals surface area contributed by atoms with Crippen LogP contribution >= 0.6 is 0 Å². The zero-order chi connectivity index (χ0) is 12.9. The Hall–Kier alpha value is -0.930. The van der Waals surface area contributed by atoms with Gasteiger partial charge in [-0.3, -0.25) is 4.98 Å². The molecule has 1 aromatic rings. The highest BCUT2D eigenvalue weighted by atomic mass is 16.3. The lowest BCUT2D eigenvalue weighted by Gasteiger charge is -2.29. The third-order valence-electron chi connectivity index (χ3n) is 3.02. The van der Waals surface area contributed by atoms with Crippen molar-refractivity contribution in [3.8, 4) is 0 Å². The van der Waals surface area contributed by atoms with Crippen LogP contribution in [0.4, 0.5) is 0 Å². The van der Waals surface area contributed by atoms with E-state index in [0.29, 0.717) is 6.54 Å². The van der Waals surface area contributed by atoms with E-state index < -0.39 is 0 Å². The van der Waals surface area contributed by atoms with E-state index in [1.165, 1.54) is 5.56 Å². The van der Waals surface area contributed by atoms with Crippen molar-refractivity contribution in [2.75, 3.05) is 20.1 Å². The monoisotopic (exact) mass is 236 g/mol. The first kappa shape index (κ1) is 14.1. The van der Waals surface area contributed by atoms with Crippen LogP contribution in [0.15, 0.2) is 24.5 Å². The number of rotatable bonds is 5. The second-order valence-electron chi connectivity index (χ2n) is 5.75. The minimum Gasteiger partial charge on any atom is -0.391 e. The van der Waals surface area contributed by atoms with Crippen LogP contribution in [0.1, 0.15) is 26.3 Å². The quantitative estimate of drug-likeness (QED) is 0.849. The molecule has 1 heterocycles. The number of pyridine rings is 1. The molecule has 1 rings (SSSR count). The average Bonchev–Trinajstić information content (AvgIpc) is 2.26. The van der Waals surface area contributed by atoms with Gasteiger partial charge in [0.1, 0.15) is 0 Å². The molecular formula is C14H24N2O. The molecular weight excluding hydrogens is 212 g/mol. The van der Waals surface area contributed by atoms with Gasteiger partial charge >= 0.3 is 0 Å². The summed E-state index contributed by atoms with van der Waals surface area (Å²) in [4.78, 5) is 6.18. The van der Waals surface area contributed by atoms with E-state index >= 15 is 0 Å². The predicted molar refractivity (Wildman–Crippen MR) is 70.9 cm³/mol. The fraction of sp³-hybridized carbons (Fsp3) is 0.643. The average molecular weight is 236 g/mol. The molecule has 0 amide bonds. The van der Waals surface area contributed by atoms with E-state index in [-0.39, 0.29) is 11.5 Å². The van der Waals surface area contributed by atoms with E-state index in [0.717, 1.165) is 13.0 Å². The van der Waals surface area contributed by atoms with Crippen molar-refractivity contribution >= 4 is 0 Å². The number of nitrogens with zero attached hydrogens (tertiary/aromatic N) is 2.